The maximum Gasteiger partial charge on any atom is 0.230 e. The van der Waals surface area contributed by atoms with Crippen LogP contribution in [-0.4, -0.2) is 16.0 Å². The summed E-state index contributed by atoms with van der Waals surface area (Å²) in [5, 5.41) is 8.49. The number of nitrogens with one attached hydrogen (secondary N) is 1. The number of amides is 1. The van der Waals surface area contributed by atoms with Crippen molar-refractivity contribution in [2.75, 3.05) is 5.32 Å². The molecule has 1 aromatic carbocycles. The van der Waals surface area contributed by atoms with Crippen LogP contribution in [0.5, 0.6) is 0 Å². The van der Waals surface area contributed by atoms with Crippen molar-refractivity contribution in [1.29, 1.82) is 0 Å². The molecule has 0 radical (unpaired) electrons. The fourth-order valence-electron chi connectivity index (χ4n) is 2.39. The zero-order valence-corrected chi connectivity index (χ0v) is 15.9. The third-order valence-corrected chi connectivity index (χ3v) is 5.21. The van der Waals surface area contributed by atoms with Crippen molar-refractivity contribution in [3.63, 3.8) is 0 Å². The minimum Gasteiger partial charge on any atom is -0.361 e. The maximum absolute atomic E-state index is 12.2. The number of carbonyl (C=O) groups excluding carboxylic acids is 1. The molecule has 0 spiro atoms. The normalized spacial score (nSPS) is 10.9. The highest BCUT2D eigenvalue weighted by Crippen LogP contribution is 2.27. The number of thiazole rings is 1. The van der Waals surface area contributed by atoms with Crippen molar-refractivity contribution < 1.29 is 9.32 Å². The predicted molar refractivity (Wildman–Crippen MR) is 99.7 cm³/mol. The lowest BCUT2D eigenvalue weighted by Gasteiger charge is -2.03. The van der Waals surface area contributed by atoms with Crippen molar-refractivity contribution in [2.45, 2.75) is 26.7 Å². The Morgan fingerprint density at radius 1 is 1.32 bits per heavy atom. The van der Waals surface area contributed by atoms with E-state index in [1.54, 1.807) is 25.3 Å². The quantitative estimate of drug-likeness (QED) is 0.671. The standard InChI is InChI=1S/C17H15Cl2N3O2S/c1-9-14(10(2)24-22-9)7-16(23)21-17-20-8-13(25-17)6-11-5-12(18)3-4-15(11)19/h3-5,8H,6-7H2,1-2H3,(H,20,21,23). The first kappa shape index (κ1) is 17.9. The van der Waals surface area contributed by atoms with Gasteiger partial charge in [0.1, 0.15) is 5.76 Å². The third-order valence-electron chi connectivity index (χ3n) is 3.69. The SMILES string of the molecule is Cc1noc(C)c1CC(=O)Nc1ncc(Cc2cc(Cl)ccc2Cl)s1. The zero-order valence-electron chi connectivity index (χ0n) is 13.6. The Bertz CT molecular complexity index is 901. The summed E-state index contributed by atoms with van der Waals surface area (Å²) in [6, 6.07) is 5.35. The van der Waals surface area contributed by atoms with Crippen LogP contribution in [0.1, 0.15) is 27.5 Å². The van der Waals surface area contributed by atoms with Crippen LogP contribution in [0.4, 0.5) is 5.13 Å². The van der Waals surface area contributed by atoms with E-state index in [0.29, 0.717) is 27.4 Å². The second-order valence-electron chi connectivity index (χ2n) is 5.57. The molecule has 0 saturated heterocycles. The minimum atomic E-state index is -0.156. The number of hydrogen-bond acceptors (Lipinski definition) is 5. The van der Waals surface area contributed by atoms with Crippen molar-refractivity contribution in [3.05, 3.63) is 61.9 Å². The van der Waals surface area contributed by atoms with Gasteiger partial charge in [0.05, 0.1) is 12.1 Å². The lowest BCUT2D eigenvalue weighted by Crippen LogP contribution is -2.14. The van der Waals surface area contributed by atoms with E-state index in [1.807, 2.05) is 13.0 Å². The highest BCUT2D eigenvalue weighted by molar-refractivity contribution is 7.15. The van der Waals surface area contributed by atoms with Crippen molar-refractivity contribution in [2.24, 2.45) is 0 Å². The number of halogens is 2. The fourth-order valence-corrected chi connectivity index (χ4v) is 3.62. The van der Waals surface area contributed by atoms with E-state index in [-0.39, 0.29) is 12.3 Å². The van der Waals surface area contributed by atoms with Crippen LogP contribution in [0.2, 0.25) is 10.0 Å². The minimum absolute atomic E-state index is 0.156. The molecule has 1 amide bonds. The van der Waals surface area contributed by atoms with E-state index in [0.717, 1.165) is 21.7 Å². The second-order valence-corrected chi connectivity index (χ2v) is 7.53. The molecule has 3 rings (SSSR count). The van der Waals surface area contributed by atoms with Gasteiger partial charge in [0.25, 0.3) is 0 Å². The molecule has 3 aromatic rings. The first-order valence-corrected chi connectivity index (χ1v) is 9.10. The van der Waals surface area contributed by atoms with Gasteiger partial charge >= 0.3 is 0 Å². The van der Waals surface area contributed by atoms with Gasteiger partial charge in [-0.15, -0.1) is 11.3 Å². The lowest BCUT2D eigenvalue weighted by molar-refractivity contribution is -0.115. The topological polar surface area (TPSA) is 68.0 Å². The Morgan fingerprint density at radius 2 is 2.12 bits per heavy atom. The van der Waals surface area contributed by atoms with Gasteiger partial charge in [-0.25, -0.2) is 4.98 Å². The summed E-state index contributed by atoms with van der Waals surface area (Å²) >= 11 is 13.6. The molecule has 8 heteroatoms. The van der Waals surface area contributed by atoms with Crippen LogP contribution in [-0.2, 0) is 17.6 Å². The van der Waals surface area contributed by atoms with Crippen molar-refractivity contribution in [1.82, 2.24) is 10.1 Å². The average Bonchev–Trinajstić information content (AvgIpc) is 3.12. The number of carbonyl (C=O) groups is 1. The molecule has 1 N–H and O–H groups in total. The molecule has 130 valence electrons. The summed E-state index contributed by atoms with van der Waals surface area (Å²) < 4.78 is 5.07. The molecule has 2 aromatic heterocycles. The first-order chi connectivity index (χ1) is 11.9. The Morgan fingerprint density at radius 3 is 2.84 bits per heavy atom. The molecule has 0 bridgehead atoms. The molecule has 5 nitrogen and oxygen atoms in total. The molecular formula is C17H15Cl2N3O2S. The molecule has 0 atom stereocenters. The van der Waals surface area contributed by atoms with Gasteiger partial charge in [0, 0.05) is 33.1 Å². The summed E-state index contributed by atoms with van der Waals surface area (Å²) in [4.78, 5) is 17.4. The van der Waals surface area contributed by atoms with Gasteiger partial charge in [-0.2, -0.15) is 0 Å². The number of anilines is 1. The molecule has 0 aliphatic heterocycles. The molecular weight excluding hydrogens is 381 g/mol. The largest absolute Gasteiger partial charge is 0.361 e. The summed E-state index contributed by atoms with van der Waals surface area (Å²) in [5.41, 5.74) is 2.45. The van der Waals surface area contributed by atoms with Crippen LogP contribution in [0, 0.1) is 13.8 Å². The molecule has 0 unspecified atom stereocenters. The van der Waals surface area contributed by atoms with Gasteiger partial charge in [0.2, 0.25) is 5.91 Å². The summed E-state index contributed by atoms with van der Waals surface area (Å²) in [6.45, 7) is 3.61. The Labute approximate surface area is 159 Å². The Kier molecular flexibility index (Phi) is 5.42. The average molecular weight is 396 g/mol. The monoisotopic (exact) mass is 395 g/mol. The number of nitrogens with zero attached hydrogens (tertiary/aromatic N) is 2. The summed E-state index contributed by atoms with van der Waals surface area (Å²) in [7, 11) is 0. The van der Waals surface area contributed by atoms with E-state index >= 15 is 0 Å². The first-order valence-electron chi connectivity index (χ1n) is 7.52. The molecule has 25 heavy (non-hydrogen) atoms. The van der Waals surface area contributed by atoms with Gasteiger partial charge in [0.15, 0.2) is 5.13 Å². The van der Waals surface area contributed by atoms with E-state index in [2.05, 4.69) is 15.5 Å². The van der Waals surface area contributed by atoms with Crippen LogP contribution >= 0.6 is 34.5 Å². The van der Waals surface area contributed by atoms with E-state index in [4.69, 9.17) is 27.7 Å². The highest BCUT2D eigenvalue weighted by Gasteiger charge is 2.15. The molecule has 0 aliphatic carbocycles. The van der Waals surface area contributed by atoms with Crippen LogP contribution < -0.4 is 5.32 Å². The molecule has 2 heterocycles. The predicted octanol–water partition coefficient (Wildman–Crippen LogP) is 4.83. The second kappa shape index (κ2) is 7.56. The number of aryl methyl sites for hydroxylation is 2. The third kappa shape index (κ3) is 4.39. The van der Waals surface area contributed by atoms with E-state index in [9.17, 15) is 4.79 Å². The van der Waals surface area contributed by atoms with Gasteiger partial charge in [-0.1, -0.05) is 28.4 Å². The lowest BCUT2D eigenvalue weighted by atomic mass is 10.1. The fraction of sp³-hybridized carbons (Fsp3) is 0.235. The van der Waals surface area contributed by atoms with Crippen molar-refractivity contribution >= 4 is 45.6 Å². The Hall–Kier alpha value is -1.89. The Balaban J connectivity index is 1.65. The molecule has 0 aliphatic rings. The van der Waals surface area contributed by atoms with E-state index in [1.165, 1.54) is 11.3 Å². The van der Waals surface area contributed by atoms with Gasteiger partial charge in [-0.3, -0.25) is 4.79 Å². The number of hydrogen-bond donors (Lipinski definition) is 1. The molecule has 0 saturated carbocycles. The van der Waals surface area contributed by atoms with Gasteiger partial charge < -0.3 is 9.84 Å². The number of aromatic nitrogens is 2. The van der Waals surface area contributed by atoms with Crippen LogP contribution in [0.3, 0.4) is 0 Å². The highest BCUT2D eigenvalue weighted by atomic mass is 35.5. The molecule has 0 fully saturated rings. The van der Waals surface area contributed by atoms with Crippen molar-refractivity contribution in [3.8, 4) is 0 Å². The van der Waals surface area contributed by atoms with Gasteiger partial charge in [-0.05, 0) is 37.6 Å². The smallest absolute Gasteiger partial charge is 0.230 e. The van der Waals surface area contributed by atoms with Crippen LogP contribution in [0.15, 0.2) is 28.9 Å². The summed E-state index contributed by atoms with van der Waals surface area (Å²) in [5.74, 6) is 0.499. The number of rotatable bonds is 5. The zero-order chi connectivity index (χ0) is 18.0. The van der Waals surface area contributed by atoms with E-state index < -0.39 is 0 Å². The summed E-state index contributed by atoms with van der Waals surface area (Å²) in [6.07, 6.45) is 2.54. The van der Waals surface area contributed by atoms with Crippen LogP contribution in [0.25, 0.3) is 0 Å². The maximum atomic E-state index is 12.2. The number of benzene rings is 1.